The average molecular weight is 315 g/mol. The molecule has 4 nitrogen and oxygen atoms in total. The summed E-state index contributed by atoms with van der Waals surface area (Å²) in [5.74, 6) is 7.08. The van der Waals surface area contributed by atoms with Crippen LogP contribution in [0.15, 0.2) is 22.7 Å². The highest BCUT2D eigenvalue weighted by Gasteiger charge is 2.26. The summed E-state index contributed by atoms with van der Waals surface area (Å²) < 4.78 is 11.8. The van der Waals surface area contributed by atoms with Gasteiger partial charge in [0.25, 0.3) is 0 Å². The van der Waals surface area contributed by atoms with Gasteiger partial charge in [-0.3, -0.25) is 11.3 Å². The average Bonchev–Trinajstić information content (AvgIpc) is 2.42. The molecule has 1 aliphatic rings. The molecule has 1 fully saturated rings. The van der Waals surface area contributed by atoms with E-state index in [9.17, 15) is 0 Å². The molecule has 0 saturated carbocycles. The van der Waals surface area contributed by atoms with Crippen LogP contribution in [-0.4, -0.2) is 20.3 Å². The van der Waals surface area contributed by atoms with Crippen molar-refractivity contribution in [1.29, 1.82) is 0 Å². The topological polar surface area (TPSA) is 56.5 Å². The Morgan fingerprint density at radius 3 is 2.78 bits per heavy atom. The smallest absolute Gasteiger partial charge is 0.124 e. The summed E-state index contributed by atoms with van der Waals surface area (Å²) >= 11 is 3.45. The lowest BCUT2D eigenvalue weighted by molar-refractivity contribution is 0.0533. The third kappa shape index (κ3) is 3.03. The minimum atomic E-state index is 0.108. The van der Waals surface area contributed by atoms with Crippen LogP contribution in [-0.2, 0) is 4.74 Å². The van der Waals surface area contributed by atoms with Gasteiger partial charge in [0.1, 0.15) is 5.75 Å². The Labute approximate surface area is 116 Å². The molecule has 0 amide bonds. The second-order valence-corrected chi connectivity index (χ2v) is 5.40. The first-order valence-electron chi connectivity index (χ1n) is 6.13. The molecule has 0 spiro atoms. The van der Waals surface area contributed by atoms with E-state index < -0.39 is 0 Å². The molecule has 3 N–H and O–H groups in total. The van der Waals surface area contributed by atoms with Gasteiger partial charge < -0.3 is 9.47 Å². The number of hydrazine groups is 1. The molecule has 1 aromatic rings. The van der Waals surface area contributed by atoms with E-state index in [4.69, 9.17) is 15.3 Å². The van der Waals surface area contributed by atoms with Crippen LogP contribution < -0.4 is 16.0 Å². The first-order chi connectivity index (χ1) is 8.76. The highest BCUT2D eigenvalue weighted by Crippen LogP contribution is 2.35. The van der Waals surface area contributed by atoms with Gasteiger partial charge in [0.15, 0.2) is 0 Å². The van der Waals surface area contributed by atoms with E-state index >= 15 is 0 Å². The zero-order valence-corrected chi connectivity index (χ0v) is 12.1. The van der Waals surface area contributed by atoms with Crippen LogP contribution in [0.2, 0.25) is 0 Å². The second kappa shape index (κ2) is 6.52. The Balaban J connectivity index is 2.25. The number of hydrogen-bond donors (Lipinski definition) is 2. The lowest BCUT2D eigenvalue weighted by atomic mass is 9.87. The van der Waals surface area contributed by atoms with Gasteiger partial charge >= 0.3 is 0 Å². The van der Waals surface area contributed by atoms with Gasteiger partial charge in [-0.05, 0) is 30.9 Å². The molecule has 2 rings (SSSR count). The number of benzene rings is 1. The van der Waals surface area contributed by atoms with E-state index in [2.05, 4.69) is 27.4 Å². The SMILES string of the molecule is COc1cc(Br)ccc1C(NN)C1CCOCC1. The molecular weight excluding hydrogens is 296 g/mol. The summed E-state index contributed by atoms with van der Waals surface area (Å²) in [6, 6.07) is 6.15. The van der Waals surface area contributed by atoms with Gasteiger partial charge in [0.05, 0.1) is 13.2 Å². The summed E-state index contributed by atoms with van der Waals surface area (Å²) in [6.45, 7) is 1.61. The number of nitrogens with one attached hydrogen (secondary N) is 1. The zero-order valence-electron chi connectivity index (χ0n) is 10.5. The van der Waals surface area contributed by atoms with Crippen molar-refractivity contribution in [1.82, 2.24) is 5.43 Å². The Morgan fingerprint density at radius 1 is 1.44 bits per heavy atom. The number of nitrogens with two attached hydrogens (primary N) is 1. The maximum absolute atomic E-state index is 5.74. The van der Waals surface area contributed by atoms with E-state index in [0.717, 1.165) is 41.8 Å². The number of halogens is 1. The zero-order chi connectivity index (χ0) is 13.0. The summed E-state index contributed by atoms with van der Waals surface area (Å²) in [5, 5.41) is 0. The monoisotopic (exact) mass is 314 g/mol. The molecule has 18 heavy (non-hydrogen) atoms. The van der Waals surface area contributed by atoms with E-state index in [-0.39, 0.29) is 6.04 Å². The van der Waals surface area contributed by atoms with Crippen molar-refractivity contribution in [3.05, 3.63) is 28.2 Å². The number of rotatable bonds is 4. The van der Waals surface area contributed by atoms with Gasteiger partial charge in [0.2, 0.25) is 0 Å². The molecule has 1 aliphatic heterocycles. The maximum atomic E-state index is 5.74. The Kier molecular flexibility index (Phi) is 5.00. The molecule has 1 aromatic carbocycles. The van der Waals surface area contributed by atoms with Crippen LogP contribution in [0.4, 0.5) is 0 Å². The predicted octanol–water partition coefficient (Wildman–Crippen LogP) is 2.39. The minimum absolute atomic E-state index is 0.108. The van der Waals surface area contributed by atoms with E-state index in [0.29, 0.717) is 5.92 Å². The minimum Gasteiger partial charge on any atom is -0.496 e. The van der Waals surface area contributed by atoms with Gasteiger partial charge in [-0.15, -0.1) is 0 Å². The lowest BCUT2D eigenvalue weighted by Gasteiger charge is -2.31. The lowest BCUT2D eigenvalue weighted by Crippen LogP contribution is -2.36. The fraction of sp³-hybridized carbons (Fsp3) is 0.538. The highest BCUT2D eigenvalue weighted by molar-refractivity contribution is 9.10. The van der Waals surface area contributed by atoms with Crippen LogP contribution in [0.25, 0.3) is 0 Å². The van der Waals surface area contributed by atoms with Gasteiger partial charge in [-0.1, -0.05) is 22.0 Å². The van der Waals surface area contributed by atoms with Gasteiger partial charge in [-0.25, -0.2) is 0 Å². The fourth-order valence-electron chi connectivity index (χ4n) is 2.47. The number of hydrogen-bond acceptors (Lipinski definition) is 4. The molecule has 0 bridgehead atoms. The third-order valence-corrected chi connectivity index (χ3v) is 3.94. The Bertz CT molecular complexity index is 395. The molecule has 5 heteroatoms. The summed E-state index contributed by atoms with van der Waals surface area (Å²) in [5.41, 5.74) is 4.04. The summed E-state index contributed by atoms with van der Waals surface area (Å²) in [7, 11) is 1.68. The van der Waals surface area contributed by atoms with Crippen LogP contribution in [0.1, 0.15) is 24.4 Å². The van der Waals surface area contributed by atoms with Crippen LogP contribution >= 0.6 is 15.9 Å². The summed E-state index contributed by atoms with van der Waals surface area (Å²) in [4.78, 5) is 0. The molecule has 1 saturated heterocycles. The van der Waals surface area contributed by atoms with Gasteiger partial charge in [-0.2, -0.15) is 0 Å². The predicted molar refractivity (Wildman–Crippen MR) is 74.3 cm³/mol. The maximum Gasteiger partial charge on any atom is 0.124 e. The van der Waals surface area contributed by atoms with Gasteiger partial charge in [0, 0.05) is 23.2 Å². The number of ether oxygens (including phenoxy) is 2. The van der Waals surface area contributed by atoms with Crippen molar-refractivity contribution in [3.63, 3.8) is 0 Å². The first kappa shape index (κ1) is 13.8. The third-order valence-electron chi connectivity index (χ3n) is 3.45. The quantitative estimate of drug-likeness (QED) is 0.662. The van der Waals surface area contributed by atoms with Crippen molar-refractivity contribution >= 4 is 15.9 Å². The van der Waals surface area contributed by atoms with Crippen LogP contribution in [0.5, 0.6) is 5.75 Å². The Hall–Kier alpha value is -0.620. The molecule has 0 radical (unpaired) electrons. The van der Waals surface area contributed by atoms with Crippen molar-refractivity contribution in [2.75, 3.05) is 20.3 Å². The molecule has 0 aliphatic carbocycles. The van der Waals surface area contributed by atoms with Crippen LogP contribution in [0, 0.1) is 5.92 Å². The standard InChI is InChI=1S/C13H19BrN2O2/c1-17-12-8-10(14)2-3-11(12)13(16-15)9-4-6-18-7-5-9/h2-3,8-9,13,16H,4-7,15H2,1H3. The molecule has 1 unspecified atom stereocenters. The van der Waals surface area contributed by atoms with Crippen molar-refractivity contribution in [3.8, 4) is 5.75 Å². The van der Waals surface area contributed by atoms with E-state index in [1.807, 2.05) is 12.1 Å². The van der Waals surface area contributed by atoms with E-state index in [1.165, 1.54) is 0 Å². The largest absolute Gasteiger partial charge is 0.496 e. The molecule has 0 aromatic heterocycles. The summed E-state index contributed by atoms with van der Waals surface area (Å²) in [6.07, 6.45) is 2.04. The molecular formula is C13H19BrN2O2. The first-order valence-corrected chi connectivity index (χ1v) is 6.93. The Morgan fingerprint density at radius 2 is 2.17 bits per heavy atom. The second-order valence-electron chi connectivity index (χ2n) is 4.48. The van der Waals surface area contributed by atoms with Crippen molar-refractivity contribution < 1.29 is 9.47 Å². The fourth-order valence-corrected chi connectivity index (χ4v) is 2.81. The normalized spacial score (nSPS) is 18.6. The highest BCUT2D eigenvalue weighted by atomic mass is 79.9. The molecule has 100 valence electrons. The number of methoxy groups -OCH3 is 1. The van der Waals surface area contributed by atoms with Crippen molar-refractivity contribution in [2.45, 2.75) is 18.9 Å². The molecule has 1 atom stereocenters. The van der Waals surface area contributed by atoms with E-state index in [1.54, 1.807) is 7.11 Å². The van der Waals surface area contributed by atoms with Crippen molar-refractivity contribution in [2.24, 2.45) is 11.8 Å². The molecule has 1 heterocycles. The van der Waals surface area contributed by atoms with Crippen LogP contribution in [0.3, 0.4) is 0 Å².